The molecular weight excluding hydrogens is 388 g/mol. The summed E-state index contributed by atoms with van der Waals surface area (Å²) in [5.74, 6) is -2.20. The summed E-state index contributed by atoms with van der Waals surface area (Å²) in [5, 5.41) is 23.6. The molecule has 0 aliphatic rings. The number of para-hydroxylation sites is 1. The number of nitrogens with zero attached hydrogens (tertiary/aromatic N) is 4. The van der Waals surface area contributed by atoms with Crippen LogP contribution in [0, 0.1) is 21.3 Å². The number of aromatic nitrogens is 3. The number of anilines is 4. The molecule has 0 amide bonds. The fourth-order valence-electron chi connectivity index (χ4n) is 2.39. The lowest BCUT2D eigenvalue weighted by Crippen LogP contribution is -2.06. The van der Waals surface area contributed by atoms with Gasteiger partial charge in [-0.2, -0.15) is 13.8 Å². The van der Waals surface area contributed by atoms with E-state index in [1.807, 2.05) is 0 Å². The Bertz CT molecular complexity index is 1090. The van der Waals surface area contributed by atoms with Crippen molar-refractivity contribution in [3.8, 4) is 5.75 Å². The van der Waals surface area contributed by atoms with Crippen LogP contribution in [0.1, 0.15) is 5.56 Å². The molecule has 1 heterocycles. The summed E-state index contributed by atoms with van der Waals surface area (Å²) in [4.78, 5) is 22.0. The van der Waals surface area contributed by atoms with Crippen LogP contribution in [0.5, 0.6) is 5.75 Å². The Hall–Kier alpha value is -4.22. The zero-order valence-corrected chi connectivity index (χ0v) is 14.8. The largest absolute Gasteiger partial charge is 0.494 e. The smallest absolute Gasteiger partial charge is 0.307 e. The van der Waals surface area contributed by atoms with Crippen molar-refractivity contribution >= 4 is 34.9 Å². The van der Waals surface area contributed by atoms with Crippen molar-refractivity contribution in [1.29, 1.82) is 5.41 Å². The zero-order valence-electron chi connectivity index (χ0n) is 14.8. The summed E-state index contributed by atoms with van der Waals surface area (Å²) >= 11 is 0. The molecule has 0 spiro atoms. The van der Waals surface area contributed by atoms with Gasteiger partial charge in [-0.3, -0.25) is 15.5 Å². The highest BCUT2D eigenvalue weighted by Crippen LogP contribution is 2.33. The summed E-state index contributed by atoms with van der Waals surface area (Å²) < 4.78 is 32.2. The monoisotopic (exact) mass is 401 g/mol. The topological polar surface area (TPSA) is 139 Å². The third-order valence-electron chi connectivity index (χ3n) is 3.69. The van der Waals surface area contributed by atoms with Crippen molar-refractivity contribution in [2.24, 2.45) is 0 Å². The number of nitrogens with one attached hydrogen (secondary N) is 3. The minimum atomic E-state index is -1.14. The molecule has 2 aromatic carbocycles. The highest BCUT2D eigenvalue weighted by molar-refractivity contribution is 5.97. The van der Waals surface area contributed by atoms with Gasteiger partial charge >= 0.3 is 5.69 Å². The molecule has 3 aromatic rings. The van der Waals surface area contributed by atoms with E-state index in [1.165, 1.54) is 19.2 Å². The van der Waals surface area contributed by atoms with Crippen LogP contribution in [-0.2, 0) is 0 Å². The zero-order chi connectivity index (χ0) is 21.0. The number of benzene rings is 2. The van der Waals surface area contributed by atoms with Gasteiger partial charge < -0.3 is 15.4 Å². The lowest BCUT2D eigenvalue weighted by molar-refractivity contribution is -0.387. The molecule has 0 radical (unpaired) electrons. The first-order valence-electron chi connectivity index (χ1n) is 7.97. The number of methoxy groups -OCH3 is 1. The van der Waals surface area contributed by atoms with Crippen molar-refractivity contribution < 1.29 is 18.4 Å². The summed E-state index contributed by atoms with van der Waals surface area (Å²) in [6.45, 7) is 0. The van der Waals surface area contributed by atoms with E-state index in [0.717, 1.165) is 18.5 Å². The number of nitro benzene ring substituents is 1. The molecule has 12 heteroatoms. The summed E-state index contributed by atoms with van der Waals surface area (Å²) in [6, 6.07) is 7.97. The molecule has 0 atom stereocenters. The van der Waals surface area contributed by atoms with Crippen molar-refractivity contribution in [3.05, 3.63) is 64.2 Å². The second kappa shape index (κ2) is 8.21. The number of hydrogen-bond acceptors (Lipinski definition) is 9. The maximum Gasteiger partial charge on any atom is 0.307 e. The molecule has 3 N–H and O–H groups in total. The van der Waals surface area contributed by atoms with Gasteiger partial charge in [0.15, 0.2) is 0 Å². The minimum Gasteiger partial charge on any atom is -0.494 e. The second-order valence-corrected chi connectivity index (χ2v) is 5.50. The van der Waals surface area contributed by atoms with E-state index >= 15 is 0 Å². The van der Waals surface area contributed by atoms with Crippen molar-refractivity contribution in [2.75, 3.05) is 17.7 Å². The Kier molecular flexibility index (Phi) is 5.53. The van der Waals surface area contributed by atoms with E-state index in [-0.39, 0.29) is 34.6 Å². The quantitative estimate of drug-likeness (QED) is 0.309. The molecule has 0 unspecified atom stereocenters. The molecule has 0 fully saturated rings. The van der Waals surface area contributed by atoms with E-state index in [0.29, 0.717) is 0 Å². The fraction of sp³-hybridized carbons (Fsp3) is 0.0588. The van der Waals surface area contributed by atoms with Crippen LogP contribution in [-0.4, -0.2) is 33.0 Å². The Labute approximate surface area is 162 Å². The Morgan fingerprint density at radius 3 is 2.45 bits per heavy atom. The molecule has 1 aromatic heterocycles. The number of nitro groups is 1. The number of halogens is 2. The first-order valence-corrected chi connectivity index (χ1v) is 7.97. The number of rotatable bonds is 7. The molecule has 3 rings (SSSR count). The van der Waals surface area contributed by atoms with E-state index < -0.39 is 22.4 Å². The summed E-state index contributed by atoms with van der Waals surface area (Å²) in [5.41, 5.74) is -0.426. The highest BCUT2D eigenvalue weighted by Gasteiger charge is 2.19. The molecule has 0 saturated heterocycles. The molecule has 0 saturated carbocycles. The molecular formula is C17H13F2N7O3. The Morgan fingerprint density at radius 1 is 1.17 bits per heavy atom. The third kappa shape index (κ3) is 4.37. The Balaban J connectivity index is 1.91. The van der Waals surface area contributed by atoms with Crippen LogP contribution in [0.25, 0.3) is 0 Å². The van der Waals surface area contributed by atoms with Gasteiger partial charge in [0, 0.05) is 12.1 Å². The average molecular weight is 401 g/mol. The van der Waals surface area contributed by atoms with E-state index in [4.69, 9.17) is 10.1 Å². The molecule has 10 nitrogen and oxygen atoms in total. The molecule has 0 aliphatic carbocycles. The molecule has 148 valence electrons. The number of hydrogen-bond donors (Lipinski definition) is 3. The normalized spacial score (nSPS) is 10.3. The van der Waals surface area contributed by atoms with Gasteiger partial charge in [-0.1, -0.05) is 12.1 Å². The lowest BCUT2D eigenvalue weighted by atomic mass is 10.2. The van der Waals surface area contributed by atoms with Gasteiger partial charge in [-0.05, 0) is 12.1 Å². The van der Waals surface area contributed by atoms with Crippen molar-refractivity contribution in [1.82, 2.24) is 15.0 Å². The van der Waals surface area contributed by atoms with E-state index in [9.17, 15) is 18.9 Å². The standard InChI is InChI=1S/C17H13F2N7O3/c1-29-14-6-10(18)13(26(27)28)7-12(14)24-17-22-8-21-16(25-17)23-11-5-3-2-4-9(11)15(19)20/h2-8,20H,1H3,(H2,21,22,23,24,25). The van der Waals surface area contributed by atoms with Gasteiger partial charge in [0.05, 0.1) is 29.0 Å². The third-order valence-corrected chi connectivity index (χ3v) is 3.69. The van der Waals surface area contributed by atoms with Gasteiger partial charge in [0.25, 0.3) is 0 Å². The van der Waals surface area contributed by atoms with Crippen molar-refractivity contribution in [3.63, 3.8) is 0 Å². The molecule has 0 bridgehead atoms. The first-order chi connectivity index (χ1) is 13.9. The van der Waals surface area contributed by atoms with E-state index in [2.05, 4.69) is 25.6 Å². The maximum atomic E-state index is 13.8. The number of ether oxygens (including phenoxy) is 1. The van der Waals surface area contributed by atoms with Gasteiger partial charge in [-0.15, -0.1) is 0 Å². The van der Waals surface area contributed by atoms with Gasteiger partial charge in [0.1, 0.15) is 12.1 Å². The molecule has 0 aliphatic heterocycles. The van der Waals surface area contributed by atoms with E-state index in [1.54, 1.807) is 12.1 Å². The highest BCUT2D eigenvalue weighted by atomic mass is 19.1. The van der Waals surface area contributed by atoms with Crippen molar-refractivity contribution in [2.45, 2.75) is 0 Å². The predicted octanol–water partition coefficient (Wildman–Crippen LogP) is 3.71. The minimum absolute atomic E-state index is 0.000700. The van der Waals surface area contributed by atoms with Crippen LogP contribution >= 0.6 is 0 Å². The lowest BCUT2D eigenvalue weighted by Gasteiger charge is -2.12. The van der Waals surface area contributed by atoms with Crippen LogP contribution in [0.2, 0.25) is 0 Å². The SMILES string of the molecule is COc1cc(F)c([N+](=O)[O-])cc1Nc1ncnc(Nc2ccccc2C(=N)F)n1. The summed E-state index contributed by atoms with van der Waals surface area (Å²) in [6.07, 6.45) is 1.14. The first kappa shape index (κ1) is 19.5. The average Bonchev–Trinajstić information content (AvgIpc) is 2.69. The van der Waals surface area contributed by atoms with Crippen LogP contribution in [0.15, 0.2) is 42.7 Å². The van der Waals surface area contributed by atoms with Gasteiger partial charge in [0.2, 0.25) is 23.7 Å². The van der Waals surface area contributed by atoms with Gasteiger partial charge in [-0.25, -0.2) is 9.97 Å². The predicted molar refractivity (Wildman–Crippen MR) is 100 cm³/mol. The van der Waals surface area contributed by atoms with Crippen LogP contribution in [0.4, 0.5) is 37.7 Å². The maximum absolute atomic E-state index is 13.8. The van der Waals surface area contributed by atoms with Crippen LogP contribution in [0.3, 0.4) is 0 Å². The molecule has 29 heavy (non-hydrogen) atoms. The fourth-order valence-corrected chi connectivity index (χ4v) is 2.39. The second-order valence-electron chi connectivity index (χ2n) is 5.50. The summed E-state index contributed by atoms with van der Waals surface area (Å²) in [7, 11) is 1.27. The van der Waals surface area contributed by atoms with Crippen LogP contribution < -0.4 is 15.4 Å². The Morgan fingerprint density at radius 2 is 1.83 bits per heavy atom.